The lowest BCUT2D eigenvalue weighted by Gasteiger charge is -2.06. The molecule has 0 saturated heterocycles. The van der Waals surface area contributed by atoms with Crippen LogP contribution in [0.25, 0.3) is 11.1 Å². The second-order valence-corrected chi connectivity index (χ2v) is 4.12. The topological polar surface area (TPSA) is 59.3 Å². The fourth-order valence-corrected chi connectivity index (χ4v) is 1.84. The minimum Gasteiger partial charge on any atom is -0.480 e. The molecule has 0 radical (unpaired) electrons. The van der Waals surface area contributed by atoms with Crippen molar-refractivity contribution in [3.8, 4) is 11.1 Å². The van der Waals surface area contributed by atoms with Crippen molar-refractivity contribution in [2.75, 3.05) is 0 Å². The van der Waals surface area contributed by atoms with Crippen molar-refractivity contribution < 1.29 is 9.90 Å². The van der Waals surface area contributed by atoms with E-state index in [0.717, 1.165) is 11.1 Å². The van der Waals surface area contributed by atoms with Crippen molar-refractivity contribution in [2.45, 2.75) is 13.5 Å². The second kappa shape index (κ2) is 4.87. The van der Waals surface area contributed by atoms with Crippen molar-refractivity contribution >= 4 is 5.97 Å². The highest BCUT2D eigenvalue weighted by Gasteiger charge is 2.07. The van der Waals surface area contributed by atoms with Crippen molar-refractivity contribution in [3.63, 3.8) is 0 Å². The van der Waals surface area contributed by atoms with Crippen LogP contribution in [0.15, 0.2) is 47.4 Å². The van der Waals surface area contributed by atoms with Gasteiger partial charge in [-0.15, -0.1) is 0 Å². The summed E-state index contributed by atoms with van der Waals surface area (Å²) in [4.78, 5) is 22.8. The first-order valence-electron chi connectivity index (χ1n) is 5.56. The van der Waals surface area contributed by atoms with Crippen LogP contribution in [-0.4, -0.2) is 15.6 Å². The van der Waals surface area contributed by atoms with E-state index < -0.39 is 5.97 Å². The van der Waals surface area contributed by atoms with E-state index in [0.29, 0.717) is 5.56 Å². The number of nitrogens with zero attached hydrogens (tertiary/aromatic N) is 1. The van der Waals surface area contributed by atoms with Crippen LogP contribution < -0.4 is 5.56 Å². The Kier molecular flexibility index (Phi) is 3.28. The van der Waals surface area contributed by atoms with E-state index in [-0.39, 0.29) is 12.1 Å². The molecular formula is C14H13NO3. The Labute approximate surface area is 104 Å². The molecule has 4 nitrogen and oxygen atoms in total. The number of benzene rings is 1. The molecule has 1 aromatic carbocycles. The largest absolute Gasteiger partial charge is 0.480 e. The van der Waals surface area contributed by atoms with Gasteiger partial charge in [-0.2, -0.15) is 0 Å². The fraction of sp³-hybridized carbons (Fsp3) is 0.143. The highest BCUT2D eigenvalue weighted by molar-refractivity contribution is 5.67. The highest BCUT2D eigenvalue weighted by Crippen LogP contribution is 2.16. The van der Waals surface area contributed by atoms with E-state index >= 15 is 0 Å². The van der Waals surface area contributed by atoms with Gasteiger partial charge in [0.15, 0.2) is 0 Å². The van der Waals surface area contributed by atoms with Crippen molar-refractivity contribution in [1.82, 2.24) is 4.57 Å². The van der Waals surface area contributed by atoms with Crippen LogP contribution in [0.1, 0.15) is 5.56 Å². The van der Waals surface area contributed by atoms with Crippen molar-refractivity contribution in [2.24, 2.45) is 0 Å². The normalized spacial score (nSPS) is 10.3. The number of carboxylic acid groups (broad SMARTS) is 1. The molecule has 0 unspecified atom stereocenters. The molecule has 18 heavy (non-hydrogen) atoms. The summed E-state index contributed by atoms with van der Waals surface area (Å²) >= 11 is 0. The first-order valence-corrected chi connectivity index (χ1v) is 5.56. The average Bonchev–Trinajstić information content (AvgIpc) is 2.31. The average molecular weight is 243 g/mol. The first kappa shape index (κ1) is 12.1. The maximum Gasteiger partial charge on any atom is 0.323 e. The predicted molar refractivity (Wildman–Crippen MR) is 68.5 cm³/mol. The summed E-state index contributed by atoms with van der Waals surface area (Å²) in [5, 5.41) is 8.74. The van der Waals surface area contributed by atoms with Crippen LogP contribution in [0, 0.1) is 6.92 Å². The van der Waals surface area contributed by atoms with Crippen LogP contribution >= 0.6 is 0 Å². The second-order valence-electron chi connectivity index (χ2n) is 4.12. The molecular weight excluding hydrogens is 230 g/mol. The number of aryl methyl sites for hydroxylation is 1. The zero-order valence-corrected chi connectivity index (χ0v) is 9.96. The van der Waals surface area contributed by atoms with Gasteiger partial charge < -0.3 is 9.67 Å². The Hall–Kier alpha value is -2.36. The Balaban J connectivity index is 2.52. The Morgan fingerprint density at radius 2 is 2.06 bits per heavy atom. The third-order valence-corrected chi connectivity index (χ3v) is 2.65. The van der Waals surface area contributed by atoms with Gasteiger partial charge in [0.05, 0.1) is 0 Å². The highest BCUT2D eigenvalue weighted by atomic mass is 16.4. The number of carboxylic acids is 1. The van der Waals surface area contributed by atoms with E-state index in [1.807, 2.05) is 31.2 Å². The van der Waals surface area contributed by atoms with Gasteiger partial charge in [-0.25, -0.2) is 0 Å². The molecule has 0 aliphatic carbocycles. The SMILES string of the molecule is Cc1cccc(-c2cccn(CC(=O)O)c2=O)c1. The summed E-state index contributed by atoms with van der Waals surface area (Å²) in [6.07, 6.45) is 1.48. The fourth-order valence-electron chi connectivity index (χ4n) is 1.84. The molecule has 0 saturated carbocycles. The van der Waals surface area contributed by atoms with E-state index in [2.05, 4.69) is 0 Å². The summed E-state index contributed by atoms with van der Waals surface area (Å²) in [6, 6.07) is 11.0. The molecule has 4 heteroatoms. The van der Waals surface area contributed by atoms with Gasteiger partial charge in [-0.05, 0) is 24.6 Å². The van der Waals surface area contributed by atoms with E-state index in [1.165, 1.54) is 10.8 Å². The van der Waals surface area contributed by atoms with Crippen LogP contribution in [0.4, 0.5) is 0 Å². The summed E-state index contributed by atoms with van der Waals surface area (Å²) < 4.78 is 1.19. The Bertz CT molecular complexity index is 643. The number of carbonyl (C=O) groups is 1. The number of rotatable bonds is 3. The molecule has 92 valence electrons. The molecule has 0 amide bonds. The van der Waals surface area contributed by atoms with Crippen LogP contribution in [0.2, 0.25) is 0 Å². The lowest BCUT2D eigenvalue weighted by molar-refractivity contribution is -0.137. The maximum atomic E-state index is 12.1. The molecule has 2 aromatic rings. The number of aliphatic carboxylic acids is 1. The molecule has 0 bridgehead atoms. The van der Waals surface area contributed by atoms with Crippen LogP contribution in [-0.2, 0) is 11.3 Å². The van der Waals surface area contributed by atoms with Crippen molar-refractivity contribution in [1.29, 1.82) is 0 Å². The van der Waals surface area contributed by atoms with Gasteiger partial charge in [0, 0.05) is 11.8 Å². The third kappa shape index (κ3) is 2.48. The molecule has 0 aliphatic heterocycles. The standard InChI is InChI=1S/C14H13NO3/c1-10-4-2-5-11(8-10)12-6-3-7-15(14(12)18)9-13(16)17/h2-8H,9H2,1H3,(H,16,17). The van der Waals surface area contributed by atoms with E-state index in [4.69, 9.17) is 5.11 Å². The molecule has 0 fully saturated rings. The smallest absolute Gasteiger partial charge is 0.323 e. The van der Waals surface area contributed by atoms with Crippen LogP contribution in [0.5, 0.6) is 0 Å². The molecule has 1 N–H and O–H groups in total. The number of pyridine rings is 1. The van der Waals surface area contributed by atoms with Gasteiger partial charge in [-0.3, -0.25) is 9.59 Å². The zero-order valence-electron chi connectivity index (χ0n) is 9.96. The lowest BCUT2D eigenvalue weighted by Crippen LogP contribution is -2.24. The summed E-state index contributed by atoms with van der Waals surface area (Å²) in [6.45, 7) is 1.63. The molecule has 2 rings (SSSR count). The van der Waals surface area contributed by atoms with Crippen molar-refractivity contribution in [3.05, 3.63) is 58.5 Å². The number of aromatic nitrogens is 1. The molecule has 0 atom stereocenters. The minimum atomic E-state index is -1.03. The third-order valence-electron chi connectivity index (χ3n) is 2.65. The quantitative estimate of drug-likeness (QED) is 0.895. The van der Waals surface area contributed by atoms with Gasteiger partial charge in [0.2, 0.25) is 0 Å². The van der Waals surface area contributed by atoms with Gasteiger partial charge in [-0.1, -0.05) is 29.8 Å². The predicted octanol–water partition coefficient (Wildman–Crippen LogP) is 1.91. The summed E-state index contributed by atoms with van der Waals surface area (Å²) in [7, 11) is 0. The Morgan fingerprint density at radius 1 is 1.28 bits per heavy atom. The maximum absolute atomic E-state index is 12.1. The van der Waals surface area contributed by atoms with E-state index in [1.54, 1.807) is 12.1 Å². The molecule has 1 heterocycles. The minimum absolute atomic E-state index is 0.287. The monoisotopic (exact) mass is 243 g/mol. The summed E-state index contributed by atoms with van der Waals surface area (Å²) in [5.74, 6) is -1.03. The molecule has 0 spiro atoms. The van der Waals surface area contributed by atoms with Gasteiger partial charge in [0.1, 0.15) is 6.54 Å². The lowest BCUT2D eigenvalue weighted by atomic mass is 10.1. The zero-order chi connectivity index (χ0) is 13.1. The summed E-state index contributed by atoms with van der Waals surface area (Å²) in [5.41, 5.74) is 2.09. The Morgan fingerprint density at radius 3 is 2.72 bits per heavy atom. The van der Waals surface area contributed by atoms with Gasteiger partial charge in [0.25, 0.3) is 5.56 Å². The number of hydrogen-bond acceptors (Lipinski definition) is 2. The number of hydrogen-bond donors (Lipinski definition) is 1. The van der Waals surface area contributed by atoms with Crippen LogP contribution in [0.3, 0.4) is 0 Å². The van der Waals surface area contributed by atoms with E-state index in [9.17, 15) is 9.59 Å². The first-order chi connectivity index (χ1) is 8.58. The van der Waals surface area contributed by atoms with Gasteiger partial charge >= 0.3 is 5.97 Å². The molecule has 1 aromatic heterocycles. The molecule has 0 aliphatic rings.